The minimum Gasteiger partial charge on any atom is -0.479 e. The van der Waals surface area contributed by atoms with Crippen molar-refractivity contribution in [2.75, 3.05) is 18.4 Å². The minimum absolute atomic E-state index is 0.0523. The highest BCUT2D eigenvalue weighted by Gasteiger charge is 2.26. The molecule has 41 heavy (non-hydrogen) atoms. The van der Waals surface area contributed by atoms with Crippen molar-refractivity contribution in [1.82, 2.24) is 9.55 Å². The summed E-state index contributed by atoms with van der Waals surface area (Å²) in [5.41, 5.74) is 3.55. The molecule has 2 aromatic heterocycles. The fourth-order valence-corrected chi connectivity index (χ4v) is 6.49. The summed E-state index contributed by atoms with van der Waals surface area (Å²) >= 11 is 1.30. The molecule has 0 saturated carbocycles. The molecule has 4 rings (SSSR count). The first-order chi connectivity index (χ1) is 19.8. The maximum atomic E-state index is 12.7. The molecule has 0 unspecified atom stereocenters. The largest absolute Gasteiger partial charge is 0.479 e. The summed E-state index contributed by atoms with van der Waals surface area (Å²) in [6, 6.07) is 19.1. The lowest BCUT2D eigenvalue weighted by Gasteiger charge is -2.11. The van der Waals surface area contributed by atoms with Gasteiger partial charge in [0.1, 0.15) is 16.5 Å². The number of carbonyl (C=O) groups is 2. The normalized spacial score (nSPS) is 11.3. The molecule has 0 radical (unpaired) electrons. The van der Waals surface area contributed by atoms with Crippen LogP contribution >= 0.6 is 11.3 Å². The first-order valence-corrected chi connectivity index (χ1v) is 15.7. The average Bonchev–Trinajstić information content (AvgIpc) is 3.54. The Balaban J connectivity index is 1.63. The van der Waals surface area contributed by atoms with Crippen LogP contribution < -0.4 is 9.46 Å². The van der Waals surface area contributed by atoms with E-state index in [0.29, 0.717) is 35.0 Å². The Morgan fingerprint density at radius 3 is 2.41 bits per heavy atom. The van der Waals surface area contributed by atoms with Crippen LogP contribution in [0.15, 0.2) is 60.7 Å². The van der Waals surface area contributed by atoms with Gasteiger partial charge in [-0.05, 0) is 30.0 Å². The van der Waals surface area contributed by atoms with E-state index in [1.807, 2.05) is 79.1 Å². The van der Waals surface area contributed by atoms with Gasteiger partial charge >= 0.3 is 15.3 Å². The lowest BCUT2D eigenvalue weighted by molar-refractivity contribution is 0.111. The van der Waals surface area contributed by atoms with Crippen molar-refractivity contribution in [2.24, 2.45) is 0 Å². The summed E-state index contributed by atoms with van der Waals surface area (Å²) in [6.45, 7) is 4.39. The number of benzene rings is 2. The van der Waals surface area contributed by atoms with Gasteiger partial charge in [-0.3, -0.25) is 9.52 Å². The Morgan fingerprint density at radius 2 is 1.78 bits per heavy atom. The number of aldehydes is 1. The van der Waals surface area contributed by atoms with Crippen LogP contribution in [0.25, 0.3) is 22.5 Å². The smallest absolute Gasteiger partial charge is 0.445 e. The zero-order chi connectivity index (χ0) is 29.4. The second-order valence-corrected chi connectivity index (χ2v) is 12.0. The number of ether oxygens (including phenoxy) is 2. The number of hydrogen-bond acceptors (Lipinski definition) is 8. The van der Waals surface area contributed by atoms with Gasteiger partial charge in [0.25, 0.3) is 0 Å². The van der Waals surface area contributed by atoms with Crippen molar-refractivity contribution < 1.29 is 27.5 Å². The van der Waals surface area contributed by atoms with E-state index in [4.69, 9.17) is 9.47 Å². The van der Waals surface area contributed by atoms with Crippen LogP contribution in [0.2, 0.25) is 0 Å². The van der Waals surface area contributed by atoms with Gasteiger partial charge < -0.3 is 14.0 Å². The van der Waals surface area contributed by atoms with E-state index in [0.717, 1.165) is 47.1 Å². The lowest BCUT2D eigenvalue weighted by Crippen LogP contribution is -2.24. The number of methoxy groups -OCH3 is 1. The summed E-state index contributed by atoms with van der Waals surface area (Å²) in [4.78, 5) is 29.8. The molecule has 9 nitrogen and oxygen atoms in total. The summed E-state index contributed by atoms with van der Waals surface area (Å²) < 4.78 is 40.0. The van der Waals surface area contributed by atoms with Gasteiger partial charge in [-0.15, -0.1) is 11.3 Å². The van der Waals surface area contributed by atoms with Gasteiger partial charge in [0.2, 0.25) is 5.88 Å². The van der Waals surface area contributed by atoms with Crippen molar-refractivity contribution in [3.63, 3.8) is 0 Å². The summed E-state index contributed by atoms with van der Waals surface area (Å²) in [5.74, 6) is 0.862. The van der Waals surface area contributed by atoms with Crippen LogP contribution in [-0.4, -0.2) is 43.3 Å². The van der Waals surface area contributed by atoms with E-state index >= 15 is 0 Å². The van der Waals surface area contributed by atoms with Crippen molar-refractivity contribution in [3.8, 4) is 28.4 Å². The molecule has 0 atom stereocenters. The van der Waals surface area contributed by atoms with Gasteiger partial charge in [0.15, 0.2) is 6.29 Å². The standard InChI is InChI=1S/C30H33N3O6S2/c1-4-6-17-39-30(35)41(36,37)32-29-25(18-24(40-29)10-5-2)22-15-13-21(14-16-22)19-33-26(20-34)28(38-3)31-27(33)23-11-8-7-9-12-23/h7-9,11-16,18,20,32H,4-6,10,17,19H2,1-3H3. The predicted octanol–water partition coefficient (Wildman–Crippen LogP) is 6.78. The number of thiophene rings is 1. The Hall–Kier alpha value is -3.96. The quantitative estimate of drug-likeness (QED) is 0.103. The highest BCUT2D eigenvalue weighted by Crippen LogP contribution is 2.38. The number of sulfonamides is 1. The first-order valence-electron chi connectivity index (χ1n) is 13.4. The van der Waals surface area contributed by atoms with Crippen LogP contribution in [0.5, 0.6) is 5.88 Å². The third-order valence-electron chi connectivity index (χ3n) is 6.36. The molecular weight excluding hydrogens is 562 g/mol. The number of aromatic nitrogens is 2. The third kappa shape index (κ3) is 7.04. The summed E-state index contributed by atoms with van der Waals surface area (Å²) in [6.07, 6.45) is 3.77. The predicted molar refractivity (Wildman–Crippen MR) is 161 cm³/mol. The van der Waals surface area contributed by atoms with Crippen LogP contribution in [0, 0.1) is 0 Å². The highest BCUT2D eigenvalue weighted by atomic mass is 32.2. The first kappa shape index (κ1) is 30.0. The molecule has 1 N–H and O–H groups in total. The monoisotopic (exact) mass is 595 g/mol. The van der Waals surface area contributed by atoms with Gasteiger partial charge in [0.05, 0.1) is 13.7 Å². The number of rotatable bonds is 13. The van der Waals surface area contributed by atoms with Crippen molar-refractivity contribution >= 4 is 37.9 Å². The second-order valence-electron chi connectivity index (χ2n) is 9.36. The second kappa shape index (κ2) is 13.6. The van der Waals surface area contributed by atoms with E-state index in [9.17, 15) is 18.0 Å². The number of aryl methyl sites for hydroxylation is 1. The number of nitrogens with zero attached hydrogens (tertiary/aromatic N) is 2. The molecular formula is C30H33N3O6S2. The molecule has 2 heterocycles. The maximum Gasteiger partial charge on any atom is 0.445 e. The Kier molecular flexibility index (Phi) is 9.95. The SMILES string of the molecule is CCCCOC(=O)S(=O)(=O)Nc1sc(CCC)cc1-c1ccc(Cn2c(-c3ccccc3)nc(OC)c2C=O)cc1. The molecule has 0 amide bonds. The molecule has 0 aliphatic heterocycles. The van der Waals surface area contributed by atoms with Crippen molar-refractivity contribution in [3.05, 3.63) is 76.8 Å². The highest BCUT2D eigenvalue weighted by molar-refractivity contribution is 8.07. The number of unbranched alkanes of at least 4 members (excludes halogenated alkanes) is 1. The summed E-state index contributed by atoms with van der Waals surface area (Å²) in [5, 5.41) is -0.920. The van der Waals surface area contributed by atoms with Crippen LogP contribution in [0.3, 0.4) is 0 Å². The molecule has 0 aliphatic carbocycles. The maximum absolute atomic E-state index is 12.7. The number of imidazole rings is 1. The van der Waals surface area contributed by atoms with Crippen LogP contribution in [0.1, 0.15) is 54.0 Å². The van der Waals surface area contributed by atoms with E-state index in [-0.39, 0.29) is 12.5 Å². The molecule has 0 saturated heterocycles. The third-order valence-corrected chi connectivity index (χ3v) is 8.63. The van der Waals surface area contributed by atoms with Gasteiger partial charge in [-0.1, -0.05) is 81.3 Å². The van der Waals surface area contributed by atoms with Crippen LogP contribution in [0.4, 0.5) is 9.80 Å². The zero-order valence-electron chi connectivity index (χ0n) is 23.3. The van der Waals surface area contributed by atoms with Gasteiger partial charge in [-0.2, -0.15) is 13.4 Å². The number of nitrogens with one attached hydrogen (secondary N) is 1. The topological polar surface area (TPSA) is 117 Å². The number of anilines is 1. The molecule has 216 valence electrons. The average molecular weight is 596 g/mol. The fraction of sp³-hybridized carbons (Fsp3) is 0.300. The molecule has 2 aromatic carbocycles. The van der Waals surface area contributed by atoms with Crippen LogP contribution in [-0.2, 0) is 27.7 Å². The minimum atomic E-state index is -4.37. The van der Waals surface area contributed by atoms with Crippen molar-refractivity contribution in [1.29, 1.82) is 0 Å². The Bertz CT molecular complexity index is 1590. The van der Waals surface area contributed by atoms with E-state index in [2.05, 4.69) is 9.71 Å². The van der Waals surface area contributed by atoms with E-state index < -0.39 is 15.3 Å². The Morgan fingerprint density at radius 1 is 1.05 bits per heavy atom. The summed E-state index contributed by atoms with van der Waals surface area (Å²) in [7, 11) is -2.89. The lowest BCUT2D eigenvalue weighted by atomic mass is 10.0. The zero-order valence-corrected chi connectivity index (χ0v) is 24.9. The molecule has 0 fully saturated rings. The van der Waals surface area contributed by atoms with Gasteiger partial charge in [-0.25, -0.2) is 4.79 Å². The molecule has 4 aromatic rings. The van der Waals surface area contributed by atoms with E-state index in [1.165, 1.54) is 18.4 Å². The number of hydrogen-bond donors (Lipinski definition) is 1. The Labute approximate surface area is 244 Å². The van der Waals surface area contributed by atoms with E-state index in [1.54, 1.807) is 0 Å². The molecule has 11 heteroatoms. The molecule has 0 aliphatic rings. The fourth-order valence-electron chi connectivity index (χ4n) is 4.29. The van der Waals surface area contributed by atoms with Crippen molar-refractivity contribution in [2.45, 2.75) is 46.1 Å². The molecule has 0 bridgehead atoms. The molecule has 0 spiro atoms. The number of carbonyl (C=O) groups excluding carboxylic acids is 2. The van der Waals surface area contributed by atoms with Gasteiger partial charge in [0, 0.05) is 22.5 Å².